The molecule has 534 valence electrons. The summed E-state index contributed by atoms with van der Waals surface area (Å²) in [5.74, 6) is 0. The van der Waals surface area contributed by atoms with Crippen LogP contribution in [0.4, 0.5) is 34.1 Å². The van der Waals surface area contributed by atoms with Crippen molar-refractivity contribution >= 4 is 77.9 Å². The number of anilines is 6. The van der Waals surface area contributed by atoms with Crippen molar-refractivity contribution in [1.82, 2.24) is 4.57 Å². The Morgan fingerprint density at radius 2 is 0.673 bits per heavy atom. The summed E-state index contributed by atoms with van der Waals surface area (Å²) >= 11 is 0. The van der Waals surface area contributed by atoms with Gasteiger partial charge in [0.1, 0.15) is 11.2 Å². The molecule has 0 fully saturated rings. The van der Waals surface area contributed by atoms with Crippen molar-refractivity contribution < 1.29 is 4.42 Å². The minimum Gasteiger partial charge on any atom is -0.456 e. The highest BCUT2D eigenvalue weighted by molar-refractivity contribution is 6.11. The molecule has 0 bridgehead atoms. The summed E-state index contributed by atoms with van der Waals surface area (Å²) in [6.07, 6.45) is 0.804. The van der Waals surface area contributed by atoms with Crippen molar-refractivity contribution in [3.63, 3.8) is 0 Å². The molecule has 113 heavy (non-hydrogen) atoms. The number of furan rings is 1. The second-order valence-corrected chi connectivity index (χ2v) is 31.6. The smallest absolute Gasteiger partial charge is 0.140 e. The third kappa shape index (κ3) is 10.3. The maximum atomic E-state index is 7.01. The van der Waals surface area contributed by atoms with Gasteiger partial charge in [0.05, 0.1) is 16.4 Å². The lowest BCUT2D eigenvalue weighted by molar-refractivity contribution is 0.583. The number of rotatable bonds is 14. The number of fused-ring (bicyclic) bond motifs is 15. The molecule has 4 nitrogen and oxygen atoms in total. The average Bonchev–Trinajstić information content (AvgIpc) is 1.51. The molecule has 1 unspecified atom stereocenters. The highest BCUT2D eigenvalue weighted by atomic mass is 16.3. The van der Waals surface area contributed by atoms with Crippen molar-refractivity contribution in [2.45, 2.75) is 43.4 Å². The van der Waals surface area contributed by atoms with Crippen molar-refractivity contribution in [2.24, 2.45) is 0 Å². The van der Waals surface area contributed by atoms with E-state index in [-0.39, 0.29) is 10.8 Å². The quantitative estimate of drug-likeness (QED) is 0.108. The van der Waals surface area contributed by atoms with Crippen LogP contribution >= 0.6 is 0 Å². The molecule has 0 amide bonds. The first-order valence-corrected chi connectivity index (χ1v) is 39.5. The SMILES string of the molecule is CC1(C)c2ccccc2-c2ccc(N(c3ccc(-c4ccccc4)cc3)c3ccc(-c4ccc5c(c4)c4ccccc4n5-c4ccc(CC5(C)c6ccccc6-c6ccc(N(c7ccc(-c8ccccc8)cc7)c7ccc(C8(c9cccc%10c9oc9ccccc9%10)c9ccccc9-c9ccccc98)cc7)cc65)cc4)cc3)cc21. The molecule has 17 aromatic carbocycles. The molecule has 0 saturated carbocycles. The number of benzene rings is 17. The predicted octanol–water partition coefficient (Wildman–Crippen LogP) is 28.8. The van der Waals surface area contributed by atoms with Gasteiger partial charge in [-0.25, -0.2) is 0 Å². The Morgan fingerprint density at radius 3 is 1.27 bits per heavy atom. The van der Waals surface area contributed by atoms with Crippen molar-refractivity contribution in [3.8, 4) is 72.4 Å². The number of nitrogens with zero attached hydrogens (tertiary/aromatic N) is 3. The van der Waals surface area contributed by atoms with Crippen LogP contribution in [0.2, 0.25) is 0 Å². The van der Waals surface area contributed by atoms with Gasteiger partial charge in [0.2, 0.25) is 0 Å². The van der Waals surface area contributed by atoms with Gasteiger partial charge in [-0.15, -0.1) is 0 Å². The van der Waals surface area contributed by atoms with Gasteiger partial charge >= 0.3 is 0 Å². The van der Waals surface area contributed by atoms with Gasteiger partial charge in [-0.05, 0) is 227 Å². The van der Waals surface area contributed by atoms with Gasteiger partial charge in [-0.3, -0.25) is 0 Å². The van der Waals surface area contributed by atoms with Crippen LogP contribution < -0.4 is 9.80 Å². The van der Waals surface area contributed by atoms with Gasteiger partial charge in [-0.1, -0.05) is 312 Å². The van der Waals surface area contributed by atoms with Crippen molar-refractivity contribution in [3.05, 3.63) is 450 Å². The van der Waals surface area contributed by atoms with Crippen LogP contribution in [0.1, 0.15) is 70.8 Å². The fraction of sp³-hybridized carbons (Fsp3) is 0.0642. The largest absolute Gasteiger partial charge is 0.456 e. The van der Waals surface area contributed by atoms with E-state index in [1.165, 1.54) is 128 Å². The van der Waals surface area contributed by atoms with E-state index in [1.54, 1.807) is 0 Å². The molecule has 22 rings (SSSR count). The standard InChI is InChI=1S/C109H77N3O/c1-107(2)96-34-16-10-27-86(96)90-64-62-84(68-101(90)107)110(79-54-43-74(44-55-79)72-23-6-4-7-24-72)81-58-47-76(48-59-81)77-49-66-104-95(67-77)92-31-14-20-39-103(92)112(104)83-52-41-71(42-53-83)70-108(3)97-35-17-11-28-87(97)91-65-63-85(69-102(91)108)111(80-56-45-75(46-57-80)73-25-8-5-9-26-73)82-60-50-78(51-61-82)109(98-36-18-12-29-88(98)89-30-13-19-37-99(89)109)100-38-22-33-94-93-32-15-21-40-105(93)113-106(94)100/h4-69H,70H2,1-3H3. The summed E-state index contributed by atoms with van der Waals surface area (Å²) in [6.45, 7) is 7.19. The van der Waals surface area contributed by atoms with E-state index in [1.807, 2.05) is 0 Å². The lowest BCUT2D eigenvalue weighted by atomic mass is 9.67. The van der Waals surface area contributed by atoms with Crippen LogP contribution in [0.15, 0.2) is 405 Å². The van der Waals surface area contributed by atoms with Crippen LogP contribution in [0.5, 0.6) is 0 Å². The molecule has 0 saturated heterocycles. The number of para-hydroxylation sites is 3. The lowest BCUT2D eigenvalue weighted by Gasteiger charge is -2.34. The molecule has 3 aliphatic rings. The molecule has 0 aliphatic heterocycles. The van der Waals surface area contributed by atoms with Crippen LogP contribution in [-0.4, -0.2) is 4.57 Å². The van der Waals surface area contributed by atoms with E-state index in [0.29, 0.717) is 0 Å². The Hall–Kier alpha value is -14.1. The van der Waals surface area contributed by atoms with Gasteiger partial charge < -0.3 is 18.8 Å². The third-order valence-electron chi connectivity index (χ3n) is 25.2. The zero-order valence-electron chi connectivity index (χ0n) is 63.1. The molecule has 0 spiro atoms. The van der Waals surface area contributed by atoms with E-state index < -0.39 is 5.41 Å². The maximum Gasteiger partial charge on any atom is 0.140 e. The minimum absolute atomic E-state index is 0.135. The predicted molar refractivity (Wildman–Crippen MR) is 471 cm³/mol. The maximum absolute atomic E-state index is 7.01. The topological polar surface area (TPSA) is 24.6 Å². The van der Waals surface area contributed by atoms with Gasteiger partial charge in [0.25, 0.3) is 0 Å². The second-order valence-electron chi connectivity index (χ2n) is 31.6. The lowest BCUT2D eigenvalue weighted by Crippen LogP contribution is -2.29. The molecular weight excluding hydrogens is 1370 g/mol. The molecular formula is C109H77N3O. The first-order chi connectivity index (χ1) is 55.6. The normalized spacial score (nSPS) is 14.5. The summed E-state index contributed by atoms with van der Waals surface area (Å²) < 4.78 is 9.46. The number of hydrogen-bond acceptors (Lipinski definition) is 3. The molecule has 1 atom stereocenters. The Labute approximate surface area is 658 Å². The van der Waals surface area contributed by atoms with Crippen LogP contribution in [0.25, 0.3) is 116 Å². The van der Waals surface area contributed by atoms with E-state index in [0.717, 1.165) is 79.3 Å². The fourth-order valence-corrected chi connectivity index (χ4v) is 19.8. The Balaban J connectivity index is 0.604. The van der Waals surface area contributed by atoms with Crippen molar-refractivity contribution in [1.29, 1.82) is 0 Å². The van der Waals surface area contributed by atoms with Gasteiger partial charge in [-0.2, -0.15) is 0 Å². The average molecular weight is 1440 g/mol. The van der Waals surface area contributed by atoms with Crippen molar-refractivity contribution in [2.75, 3.05) is 9.80 Å². The number of aromatic nitrogens is 1. The molecule has 0 radical (unpaired) electrons. The van der Waals surface area contributed by atoms with Crippen LogP contribution in [0.3, 0.4) is 0 Å². The molecule has 2 aromatic heterocycles. The van der Waals surface area contributed by atoms with Gasteiger partial charge in [0.15, 0.2) is 0 Å². The Kier molecular flexibility index (Phi) is 15.1. The summed E-state index contributed by atoms with van der Waals surface area (Å²) in [5.41, 5.74) is 36.9. The minimum atomic E-state index is -0.690. The van der Waals surface area contributed by atoms with Crippen LogP contribution in [0, 0.1) is 0 Å². The van der Waals surface area contributed by atoms with E-state index in [4.69, 9.17) is 4.42 Å². The zero-order valence-corrected chi connectivity index (χ0v) is 63.1. The first kappa shape index (κ1) is 66.0. The first-order valence-electron chi connectivity index (χ1n) is 39.5. The Bertz CT molecular complexity index is 6920. The van der Waals surface area contributed by atoms with Crippen LogP contribution in [-0.2, 0) is 22.7 Å². The molecule has 2 heterocycles. The monoisotopic (exact) mass is 1440 g/mol. The van der Waals surface area contributed by atoms with Gasteiger partial charge in [0, 0.05) is 77.8 Å². The third-order valence-corrected chi connectivity index (χ3v) is 25.2. The molecule has 3 aliphatic carbocycles. The summed E-state index contributed by atoms with van der Waals surface area (Å²) in [4.78, 5) is 4.88. The molecule has 4 heteroatoms. The highest BCUT2D eigenvalue weighted by Gasteiger charge is 2.48. The number of hydrogen-bond donors (Lipinski definition) is 0. The fourth-order valence-electron chi connectivity index (χ4n) is 19.8. The Morgan fingerprint density at radius 1 is 0.265 bits per heavy atom. The van der Waals surface area contributed by atoms with E-state index >= 15 is 0 Å². The second kappa shape index (κ2) is 25.8. The zero-order chi connectivity index (χ0) is 75.1. The molecule has 19 aromatic rings. The van der Waals surface area contributed by atoms with E-state index in [9.17, 15) is 0 Å². The summed E-state index contributed by atoms with van der Waals surface area (Å²) in [6, 6.07) is 149. The highest BCUT2D eigenvalue weighted by Crippen LogP contribution is 2.60. The summed E-state index contributed by atoms with van der Waals surface area (Å²) in [5, 5.41) is 4.68. The molecule has 0 N–H and O–H groups in total. The summed E-state index contributed by atoms with van der Waals surface area (Å²) in [7, 11) is 0. The van der Waals surface area contributed by atoms with E-state index in [2.05, 4.69) is 436 Å².